The lowest BCUT2D eigenvalue weighted by Crippen LogP contribution is -2.52. The number of carbonyl (C=O) groups excluding carboxylic acids is 2. The molecule has 0 aliphatic carbocycles. The summed E-state index contributed by atoms with van der Waals surface area (Å²) >= 11 is 12.2. The van der Waals surface area contributed by atoms with Crippen molar-refractivity contribution in [3.8, 4) is 0 Å². The van der Waals surface area contributed by atoms with Crippen LogP contribution in [-0.4, -0.2) is 50.5 Å². The molecule has 2 aromatic carbocycles. The maximum absolute atomic E-state index is 13.5. The molecule has 0 spiro atoms. The number of rotatable bonds is 10. The number of aryl methyl sites for hydroxylation is 1. The average Bonchev–Trinajstić information content (AvgIpc) is 2.73. The van der Waals surface area contributed by atoms with Crippen LogP contribution in [0.15, 0.2) is 42.5 Å². The van der Waals surface area contributed by atoms with Gasteiger partial charge < -0.3 is 10.2 Å². The lowest BCUT2D eigenvalue weighted by molar-refractivity contribution is -0.140. The number of carbonyl (C=O) groups is 2. The second-order valence-electron chi connectivity index (χ2n) is 7.70. The molecule has 0 heterocycles. The highest BCUT2D eigenvalue weighted by Crippen LogP contribution is 2.25. The predicted molar refractivity (Wildman–Crippen MR) is 133 cm³/mol. The van der Waals surface area contributed by atoms with E-state index in [2.05, 4.69) is 5.32 Å². The molecular weight excluding hydrogens is 485 g/mol. The Labute approximate surface area is 205 Å². The van der Waals surface area contributed by atoms with Crippen molar-refractivity contribution in [3.05, 3.63) is 63.6 Å². The Hall–Kier alpha value is -2.29. The molecule has 2 aromatic rings. The monoisotopic (exact) mass is 513 g/mol. The summed E-state index contributed by atoms with van der Waals surface area (Å²) in [6, 6.07) is 11.1. The molecule has 0 radical (unpaired) electrons. The van der Waals surface area contributed by atoms with Crippen LogP contribution in [0, 0.1) is 6.92 Å². The number of likely N-dealkylation sites (N-methyl/N-ethyl adjacent to an activating group) is 1. The first-order valence-corrected chi connectivity index (χ1v) is 13.1. The summed E-state index contributed by atoms with van der Waals surface area (Å²) in [7, 11) is -3.76. The molecule has 7 nitrogen and oxygen atoms in total. The quantitative estimate of drug-likeness (QED) is 0.519. The van der Waals surface area contributed by atoms with Crippen LogP contribution in [0.4, 0.5) is 5.69 Å². The van der Waals surface area contributed by atoms with Crippen LogP contribution < -0.4 is 9.62 Å². The van der Waals surface area contributed by atoms with Crippen LogP contribution in [0.25, 0.3) is 0 Å². The van der Waals surface area contributed by atoms with Gasteiger partial charge in [0.2, 0.25) is 21.8 Å². The summed E-state index contributed by atoms with van der Waals surface area (Å²) < 4.78 is 26.2. The molecule has 1 unspecified atom stereocenters. The second kappa shape index (κ2) is 11.7. The van der Waals surface area contributed by atoms with Gasteiger partial charge >= 0.3 is 0 Å². The fraction of sp³-hybridized carbons (Fsp3) is 0.391. The smallest absolute Gasteiger partial charge is 0.244 e. The Balaban J connectivity index is 2.45. The van der Waals surface area contributed by atoms with Gasteiger partial charge in [-0.25, -0.2) is 8.42 Å². The van der Waals surface area contributed by atoms with E-state index in [0.717, 1.165) is 16.1 Å². The minimum Gasteiger partial charge on any atom is -0.355 e. The van der Waals surface area contributed by atoms with E-state index in [1.54, 1.807) is 50.2 Å². The minimum atomic E-state index is -3.76. The first-order valence-electron chi connectivity index (χ1n) is 10.5. The van der Waals surface area contributed by atoms with E-state index in [1.807, 2.05) is 13.0 Å². The van der Waals surface area contributed by atoms with E-state index in [9.17, 15) is 18.0 Å². The standard InChI is InChI=1S/C23H29Cl2N3O4S/c1-5-21(23(30)26-6-2)27(14-17-10-11-19(24)20(25)13-17)22(29)15-28(33(4,31)32)18-9-7-8-16(3)12-18/h7-13,21H,5-6,14-15H2,1-4H3,(H,26,30). The molecule has 0 saturated heterocycles. The first kappa shape index (κ1) is 27.0. The Morgan fingerprint density at radius 2 is 1.76 bits per heavy atom. The zero-order valence-electron chi connectivity index (χ0n) is 19.1. The number of hydrogen-bond donors (Lipinski definition) is 1. The van der Waals surface area contributed by atoms with Gasteiger partial charge in [0.1, 0.15) is 12.6 Å². The van der Waals surface area contributed by atoms with Gasteiger partial charge in [-0.1, -0.05) is 48.3 Å². The van der Waals surface area contributed by atoms with Crippen LogP contribution in [0.2, 0.25) is 10.0 Å². The second-order valence-corrected chi connectivity index (χ2v) is 10.4. The van der Waals surface area contributed by atoms with Crippen LogP contribution >= 0.6 is 23.2 Å². The molecule has 180 valence electrons. The first-order chi connectivity index (χ1) is 15.5. The van der Waals surface area contributed by atoms with Gasteiger partial charge in [-0.3, -0.25) is 13.9 Å². The molecule has 1 N–H and O–H groups in total. The number of anilines is 1. The SMILES string of the molecule is CCNC(=O)C(CC)N(Cc1ccc(Cl)c(Cl)c1)C(=O)CN(c1cccc(C)c1)S(C)(=O)=O. The van der Waals surface area contributed by atoms with Crippen molar-refractivity contribution in [3.63, 3.8) is 0 Å². The summed E-state index contributed by atoms with van der Waals surface area (Å²) in [4.78, 5) is 27.6. The molecule has 0 aliphatic rings. The summed E-state index contributed by atoms with van der Waals surface area (Å²) in [5, 5.41) is 3.45. The number of benzene rings is 2. The van der Waals surface area contributed by atoms with Crippen LogP contribution in [-0.2, 0) is 26.2 Å². The van der Waals surface area contributed by atoms with E-state index >= 15 is 0 Å². The molecule has 0 bridgehead atoms. The molecule has 0 aliphatic heterocycles. The van der Waals surface area contributed by atoms with E-state index in [0.29, 0.717) is 34.3 Å². The normalized spacial score (nSPS) is 12.2. The number of nitrogens with zero attached hydrogens (tertiary/aromatic N) is 2. The molecule has 0 aromatic heterocycles. The molecule has 2 amide bonds. The molecule has 0 fully saturated rings. The average molecular weight is 514 g/mol. The molecule has 0 saturated carbocycles. The van der Waals surface area contributed by atoms with Crippen molar-refractivity contribution >= 4 is 50.7 Å². The zero-order chi connectivity index (χ0) is 24.8. The fourth-order valence-corrected chi connectivity index (χ4v) is 4.61. The van der Waals surface area contributed by atoms with Gasteiger partial charge in [0, 0.05) is 13.1 Å². The molecule has 1 atom stereocenters. The van der Waals surface area contributed by atoms with Gasteiger partial charge in [0.15, 0.2) is 0 Å². The Morgan fingerprint density at radius 1 is 1.06 bits per heavy atom. The van der Waals surface area contributed by atoms with Gasteiger partial charge in [-0.2, -0.15) is 0 Å². The summed E-state index contributed by atoms with van der Waals surface area (Å²) in [6.07, 6.45) is 1.40. The Kier molecular flexibility index (Phi) is 9.57. The van der Waals surface area contributed by atoms with Crippen molar-refractivity contribution in [1.82, 2.24) is 10.2 Å². The van der Waals surface area contributed by atoms with Crippen molar-refractivity contribution in [2.75, 3.05) is 23.7 Å². The lowest BCUT2D eigenvalue weighted by Gasteiger charge is -2.33. The summed E-state index contributed by atoms with van der Waals surface area (Å²) in [5.41, 5.74) is 1.91. The highest BCUT2D eigenvalue weighted by atomic mass is 35.5. The number of sulfonamides is 1. The number of halogens is 2. The number of amides is 2. The molecule has 2 rings (SSSR count). The van der Waals surface area contributed by atoms with Crippen molar-refractivity contribution in [1.29, 1.82) is 0 Å². The van der Waals surface area contributed by atoms with Gasteiger partial charge in [0.05, 0.1) is 22.0 Å². The van der Waals surface area contributed by atoms with E-state index in [1.165, 1.54) is 4.90 Å². The van der Waals surface area contributed by atoms with Crippen molar-refractivity contribution in [2.24, 2.45) is 0 Å². The van der Waals surface area contributed by atoms with Crippen LogP contribution in [0.5, 0.6) is 0 Å². The third-order valence-corrected chi connectivity index (χ3v) is 6.92. The van der Waals surface area contributed by atoms with Crippen LogP contribution in [0.3, 0.4) is 0 Å². The minimum absolute atomic E-state index is 0.0663. The van der Waals surface area contributed by atoms with Crippen LogP contribution in [0.1, 0.15) is 31.4 Å². The third kappa shape index (κ3) is 7.35. The fourth-order valence-electron chi connectivity index (χ4n) is 3.44. The Bertz CT molecular complexity index is 1110. The maximum Gasteiger partial charge on any atom is 0.244 e. The van der Waals surface area contributed by atoms with E-state index < -0.39 is 28.5 Å². The molecule has 33 heavy (non-hydrogen) atoms. The van der Waals surface area contributed by atoms with E-state index in [4.69, 9.17) is 23.2 Å². The largest absolute Gasteiger partial charge is 0.355 e. The Morgan fingerprint density at radius 3 is 2.30 bits per heavy atom. The van der Waals surface area contributed by atoms with Crippen molar-refractivity contribution < 1.29 is 18.0 Å². The highest BCUT2D eigenvalue weighted by Gasteiger charge is 2.31. The van der Waals surface area contributed by atoms with Crippen molar-refractivity contribution in [2.45, 2.75) is 39.8 Å². The zero-order valence-corrected chi connectivity index (χ0v) is 21.5. The highest BCUT2D eigenvalue weighted by molar-refractivity contribution is 7.92. The van der Waals surface area contributed by atoms with Gasteiger partial charge in [-0.15, -0.1) is 0 Å². The maximum atomic E-state index is 13.5. The van der Waals surface area contributed by atoms with E-state index in [-0.39, 0.29) is 12.5 Å². The van der Waals surface area contributed by atoms with Gasteiger partial charge in [0.25, 0.3) is 0 Å². The lowest BCUT2D eigenvalue weighted by atomic mass is 10.1. The topological polar surface area (TPSA) is 86.8 Å². The number of hydrogen-bond acceptors (Lipinski definition) is 4. The summed E-state index contributed by atoms with van der Waals surface area (Å²) in [5.74, 6) is -0.819. The molecular formula is C23H29Cl2N3O4S. The molecule has 10 heteroatoms. The summed E-state index contributed by atoms with van der Waals surface area (Å²) in [6.45, 7) is 5.45. The van der Waals surface area contributed by atoms with Gasteiger partial charge in [-0.05, 0) is 55.7 Å². The third-order valence-electron chi connectivity index (χ3n) is 5.04. The number of nitrogens with one attached hydrogen (secondary N) is 1. The predicted octanol–water partition coefficient (Wildman–Crippen LogP) is 4.01.